The van der Waals surface area contributed by atoms with Gasteiger partial charge in [0.1, 0.15) is 10.9 Å². The highest BCUT2D eigenvalue weighted by atomic mass is 32.2. The van der Waals surface area contributed by atoms with E-state index in [4.69, 9.17) is 12.2 Å². The first kappa shape index (κ1) is 19.8. The molecule has 142 valence electrons. The lowest BCUT2D eigenvalue weighted by atomic mass is 9.95. The van der Waals surface area contributed by atoms with Gasteiger partial charge in [-0.05, 0) is 37.0 Å². The Bertz CT molecular complexity index is 781. The number of thioether (sulfide) groups is 1. The van der Waals surface area contributed by atoms with Crippen LogP contribution in [0.1, 0.15) is 44.6 Å². The minimum absolute atomic E-state index is 0.0000458. The van der Waals surface area contributed by atoms with E-state index < -0.39 is 0 Å². The highest BCUT2D eigenvalue weighted by Crippen LogP contribution is 2.32. The van der Waals surface area contributed by atoms with Crippen molar-refractivity contribution in [2.24, 2.45) is 0 Å². The topological polar surface area (TPSA) is 49.4 Å². The van der Waals surface area contributed by atoms with Gasteiger partial charge in [0.05, 0.1) is 4.91 Å². The van der Waals surface area contributed by atoms with Crippen LogP contribution in [-0.4, -0.2) is 33.6 Å². The number of carbonyl (C=O) groups excluding carboxylic acids is 2. The van der Waals surface area contributed by atoms with Crippen molar-refractivity contribution in [3.05, 3.63) is 52.4 Å². The summed E-state index contributed by atoms with van der Waals surface area (Å²) in [6.07, 6.45) is 9.44. The highest BCUT2D eigenvalue weighted by Gasteiger charge is 2.33. The summed E-state index contributed by atoms with van der Waals surface area (Å²) in [4.78, 5) is 27.0. The second-order valence-electron chi connectivity index (χ2n) is 6.97. The average molecular weight is 401 g/mol. The fraction of sp³-hybridized carbons (Fsp3) is 0.381. The largest absolute Gasteiger partial charge is 0.352 e. The Morgan fingerprint density at radius 3 is 2.67 bits per heavy atom. The molecule has 2 aliphatic rings. The van der Waals surface area contributed by atoms with Crippen LogP contribution >= 0.6 is 24.0 Å². The van der Waals surface area contributed by atoms with Crippen LogP contribution in [0.3, 0.4) is 0 Å². The van der Waals surface area contributed by atoms with Crippen molar-refractivity contribution in [3.63, 3.8) is 0 Å². The zero-order valence-electron chi connectivity index (χ0n) is 15.4. The van der Waals surface area contributed by atoms with Gasteiger partial charge in [-0.15, -0.1) is 0 Å². The van der Waals surface area contributed by atoms with Crippen molar-refractivity contribution >= 4 is 46.2 Å². The third-order valence-electron chi connectivity index (χ3n) is 4.70. The summed E-state index contributed by atoms with van der Waals surface area (Å²) in [6.45, 7) is 1.95. The van der Waals surface area contributed by atoms with E-state index in [-0.39, 0.29) is 24.4 Å². The van der Waals surface area contributed by atoms with E-state index in [1.165, 1.54) is 23.1 Å². The van der Waals surface area contributed by atoms with Crippen molar-refractivity contribution in [2.45, 2.75) is 45.1 Å². The highest BCUT2D eigenvalue weighted by molar-refractivity contribution is 8.26. The Morgan fingerprint density at radius 2 is 1.96 bits per heavy atom. The standard InChI is InChI=1S/C21H24N2O2S2/c1-15(12-16-8-4-2-5-9-16)13-18-20(25)23(21(26)27-18)14-19(24)22-17-10-6-3-7-11-17/h2,4-5,8-9,12-13,17H,3,6-7,10-11,14H2,1H3,(H,22,24). The molecule has 0 aromatic heterocycles. The normalized spacial score (nSPS) is 20.4. The molecule has 6 heteroatoms. The number of hydrogen-bond acceptors (Lipinski definition) is 4. The van der Waals surface area contributed by atoms with Crippen LogP contribution in [0, 0.1) is 0 Å². The van der Waals surface area contributed by atoms with E-state index in [0.717, 1.165) is 36.8 Å². The van der Waals surface area contributed by atoms with Gasteiger partial charge < -0.3 is 5.32 Å². The molecule has 0 unspecified atom stereocenters. The monoisotopic (exact) mass is 400 g/mol. The smallest absolute Gasteiger partial charge is 0.266 e. The summed E-state index contributed by atoms with van der Waals surface area (Å²) in [7, 11) is 0. The molecule has 1 saturated heterocycles. The Balaban J connectivity index is 1.62. The van der Waals surface area contributed by atoms with Crippen molar-refractivity contribution in [1.29, 1.82) is 0 Å². The number of nitrogens with zero attached hydrogens (tertiary/aromatic N) is 1. The lowest BCUT2D eigenvalue weighted by Crippen LogP contribution is -2.44. The third kappa shape index (κ3) is 5.53. The first-order chi connectivity index (χ1) is 13.0. The molecule has 1 heterocycles. The minimum atomic E-state index is -0.190. The van der Waals surface area contributed by atoms with E-state index in [0.29, 0.717) is 9.23 Å². The first-order valence-electron chi connectivity index (χ1n) is 9.31. The summed E-state index contributed by atoms with van der Waals surface area (Å²) in [5.41, 5.74) is 2.04. The molecule has 1 aliphatic carbocycles. The molecular weight excluding hydrogens is 376 g/mol. The van der Waals surface area contributed by atoms with Gasteiger partial charge in [0, 0.05) is 6.04 Å². The van der Waals surface area contributed by atoms with Gasteiger partial charge in [-0.2, -0.15) is 0 Å². The molecule has 1 saturated carbocycles. The first-order valence-corrected chi connectivity index (χ1v) is 10.5. The van der Waals surface area contributed by atoms with Gasteiger partial charge in [0.15, 0.2) is 0 Å². The maximum absolute atomic E-state index is 12.7. The van der Waals surface area contributed by atoms with Crippen molar-refractivity contribution in [2.75, 3.05) is 6.54 Å². The predicted octanol–water partition coefficient (Wildman–Crippen LogP) is 4.28. The number of allylic oxidation sites excluding steroid dienone is 2. The number of thiocarbonyl (C=S) groups is 1. The molecule has 1 N–H and O–H groups in total. The van der Waals surface area contributed by atoms with Gasteiger partial charge in [0.2, 0.25) is 5.91 Å². The molecule has 27 heavy (non-hydrogen) atoms. The second kappa shape index (κ2) is 9.33. The number of nitrogens with one attached hydrogen (secondary N) is 1. The van der Waals surface area contributed by atoms with E-state index in [2.05, 4.69) is 5.32 Å². The molecule has 3 rings (SSSR count). The van der Waals surface area contributed by atoms with Crippen LogP contribution in [0.15, 0.2) is 46.9 Å². The zero-order valence-corrected chi connectivity index (χ0v) is 17.1. The molecule has 0 spiro atoms. The number of rotatable bonds is 5. The Labute approximate surface area is 170 Å². The lowest BCUT2D eigenvalue weighted by Gasteiger charge is -2.24. The summed E-state index contributed by atoms with van der Waals surface area (Å²) in [6, 6.07) is 10.2. The number of carbonyl (C=O) groups is 2. The molecule has 2 amide bonds. The summed E-state index contributed by atoms with van der Waals surface area (Å²) < 4.78 is 0.442. The molecule has 0 atom stereocenters. The fourth-order valence-electron chi connectivity index (χ4n) is 3.36. The third-order valence-corrected chi connectivity index (χ3v) is 6.08. The van der Waals surface area contributed by atoms with Gasteiger partial charge >= 0.3 is 0 Å². The number of amides is 2. The molecule has 0 bridgehead atoms. The Kier molecular flexibility index (Phi) is 6.85. The van der Waals surface area contributed by atoms with Gasteiger partial charge in [-0.25, -0.2) is 0 Å². The number of hydrogen-bond donors (Lipinski definition) is 1. The van der Waals surface area contributed by atoms with Crippen LogP contribution in [0.2, 0.25) is 0 Å². The van der Waals surface area contributed by atoms with Gasteiger partial charge in [-0.1, -0.05) is 79.7 Å². The molecule has 0 radical (unpaired) electrons. The number of benzene rings is 1. The quantitative estimate of drug-likeness (QED) is 0.592. The van der Waals surface area contributed by atoms with E-state index in [9.17, 15) is 9.59 Å². The molecule has 1 aromatic carbocycles. The van der Waals surface area contributed by atoms with E-state index >= 15 is 0 Å². The van der Waals surface area contributed by atoms with Gasteiger partial charge in [0.25, 0.3) is 5.91 Å². The van der Waals surface area contributed by atoms with Crippen LogP contribution in [0.5, 0.6) is 0 Å². The lowest BCUT2D eigenvalue weighted by molar-refractivity contribution is -0.129. The molecule has 2 fully saturated rings. The van der Waals surface area contributed by atoms with E-state index in [1.807, 2.05) is 49.4 Å². The van der Waals surface area contributed by atoms with Crippen LogP contribution in [0.25, 0.3) is 6.08 Å². The fourth-order valence-corrected chi connectivity index (χ4v) is 4.67. The SMILES string of the molecule is CC(=Cc1ccccc1)C=C1SC(=S)N(CC(=O)NC2CCCCC2)C1=O. The second-order valence-corrected chi connectivity index (χ2v) is 8.65. The van der Waals surface area contributed by atoms with Crippen LogP contribution < -0.4 is 5.32 Å². The van der Waals surface area contributed by atoms with Crippen molar-refractivity contribution in [1.82, 2.24) is 10.2 Å². The van der Waals surface area contributed by atoms with Crippen molar-refractivity contribution < 1.29 is 9.59 Å². The molecule has 1 aliphatic heterocycles. The van der Waals surface area contributed by atoms with Crippen LogP contribution in [-0.2, 0) is 9.59 Å². The maximum atomic E-state index is 12.7. The summed E-state index contributed by atoms with van der Waals surface area (Å²) in [5.74, 6) is -0.319. The minimum Gasteiger partial charge on any atom is -0.352 e. The maximum Gasteiger partial charge on any atom is 0.266 e. The molecular formula is C21H24N2O2S2. The van der Waals surface area contributed by atoms with Gasteiger partial charge in [-0.3, -0.25) is 14.5 Å². The van der Waals surface area contributed by atoms with Crippen molar-refractivity contribution in [3.8, 4) is 0 Å². The molecule has 4 nitrogen and oxygen atoms in total. The average Bonchev–Trinajstić information content (AvgIpc) is 2.90. The predicted molar refractivity (Wildman–Crippen MR) is 115 cm³/mol. The summed E-state index contributed by atoms with van der Waals surface area (Å²) >= 11 is 6.58. The molecule has 1 aromatic rings. The summed E-state index contributed by atoms with van der Waals surface area (Å²) in [5, 5.41) is 3.04. The van der Waals surface area contributed by atoms with E-state index in [1.54, 1.807) is 0 Å². The van der Waals surface area contributed by atoms with Crippen LogP contribution in [0.4, 0.5) is 0 Å². The Hall–Kier alpha value is -1.92. The zero-order chi connectivity index (χ0) is 19.2. The Morgan fingerprint density at radius 1 is 1.26 bits per heavy atom.